The van der Waals surface area contributed by atoms with Gasteiger partial charge < -0.3 is 10.6 Å². The van der Waals surface area contributed by atoms with Gasteiger partial charge in [0.25, 0.3) is 0 Å². The van der Waals surface area contributed by atoms with Crippen LogP contribution in [0.25, 0.3) is 0 Å². The summed E-state index contributed by atoms with van der Waals surface area (Å²) in [5.74, 6) is 1.67. The molecule has 0 radical (unpaired) electrons. The molecule has 1 aromatic heterocycles. The standard InChI is InChI=1S/C18H16ClFN4/c1-12-22-17(21-11-13-4-2-3-5-16(13)19)10-18(23-12)24-15-8-6-14(20)7-9-15/h2-10H,11H2,1H3,(H2,21,22,23,24). The van der Waals surface area contributed by atoms with Gasteiger partial charge in [0.2, 0.25) is 0 Å². The van der Waals surface area contributed by atoms with Crippen molar-refractivity contribution in [3.8, 4) is 0 Å². The number of halogens is 2. The van der Waals surface area contributed by atoms with Gasteiger partial charge in [0.1, 0.15) is 23.3 Å². The summed E-state index contributed by atoms with van der Waals surface area (Å²) < 4.78 is 13.0. The van der Waals surface area contributed by atoms with E-state index in [0.717, 1.165) is 11.3 Å². The fourth-order valence-corrected chi connectivity index (χ4v) is 2.43. The molecule has 0 saturated carbocycles. The highest BCUT2D eigenvalue weighted by Crippen LogP contribution is 2.20. The number of benzene rings is 2. The van der Waals surface area contributed by atoms with E-state index in [9.17, 15) is 4.39 Å². The van der Waals surface area contributed by atoms with Crippen molar-refractivity contribution in [2.24, 2.45) is 0 Å². The van der Waals surface area contributed by atoms with Crippen LogP contribution in [-0.4, -0.2) is 9.97 Å². The van der Waals surface area contributed by atoms with Crippen molar-refractivity contribution in [2.45, 2.75) is 13.5 Å². The molecule has 2 aromatic carbocycles. The van der Waals surface area contributed by atoms with Crippen LogP contribution >= 0.6 is 11.6 Å². The smallest absolute Gasteiger partial charge is 0.136 e. The summed E-state index contributed by atoms with van der Waals surface area (Å²) in [5.41, 5.74) is 1.75. The molecule has 24 heavy (non-hydrogen) atoms. The third kappa shape index (κ3) is 4.20. The van der Waals surface area contributed by atoms with Crippen molar-refractivity contribution in [3.05, 3.63) is 76.8 Å². The highest BCUT2D eigenvalue weighted by atomic mass is 35.5. The van der Waals surface area contributed by atoms with Crippen LogP contribution in [0, 0.1) is 12.7 Å². The van der Waals surface area contributed by atoms with Gasteiger partial charge in [-0.3, -0.25) is 0 Å². The van der Waals surface area contributed by atoms with E-state index >= 15 is 0 Å². The van der Waals surface area contributed by atoms with Gasteiger partial charge in [-0.25, -0.2) is 14.4 Å². The van der Waals surface area contributed by atoms with E-state index in [1.54, 1.807) is 18.2 Å². The summed E-state index contributed by atoms with van der Waals surface area (Å²) in [7, 11) is 0. The SMILES string of the molecule is Cc1nc(NCc2ccccc2Cl)cc(Nc2ccc(F)cc2)n1. The molecule has 3 aromatic rings. The first-order chi connectivity index (χ1) is 11.6. The van der Waals surface area contributed by atoms with Gasteiger partial charge in [-0.2, -0.15) is 0 Å². The van der Waals surface area contributed by atoms with Gasteiger partial charge >= 0.3 is 0 Å². The average molecular weight is 343 g/mol. The molecule has 0 unspecified atom stereocenters. The normalized spacial score (nSPS) is 10.5. The molecule has 0 spiro atoms. The highest BCUT2D eigenvalue weighted by molar-refractivity contribution is 6.31. The minimum atomic E-state index is -0.276. The summed E-state index contributed by atoms with van der Waals surface area (Å²) in [6.07, 6.45) is 0. The largest absolute Gasteiger partial charge is 0.366 e. The summed E-state index contributed by atoms with van der Waals surface area (Å²) >= 11 is 6.16. The Morgan fingerprint density at radius 2 is 1.71 bits per heavy atom. The first-order valence-corrected chi connectivity index (χ1v) is 7.83. The second-order valence-corrected chi connectivity index (χ2v) is 5.67. The minimum absolute atomic E-state index is 0.276. The van der Waals surface area contributed by atoms with Crippen LogP contribution in [0.4, 0.5) is 21.7 Å². The van der Waals surface area contributed by atoms with Gasteiger partial charge in [-0.1, -0.05) is 29.8 Å². The molecule has 1 heterocycles. The van der Waals surface area contributed by atoms with Crippen molar-refractivity contribution < 1.29 is 4.39 Å². The molecule has 6 heteroatoms. The molecule has 0 bridgehead atoms. The van der Waals surface area contributed by atoms with Crippen LogP contribution in [0.3, 0.4) is 0 Å². The van der Waals surface area contributed by atoms with Gasteiger partial charge in [0, 0.05) is 23.3 Å². The number of hydrogen-bond acceptors (Lipinski definition) is 4. The Morgan fingerprint density at radius 1 is 1.00 bits per heavy atom. The lowest BCUT2D eigenvalue weighted by Crippen LogP contribution is -2.05. The van der Waals surface area contributed by atoms with E-state index in [1.165, 1.54) is 12.1 Å². The molecule has 0 atom stereocenters. The average Bonchev–Trinajstić information content (AvgIpc) is 2.56. The molecule has 3 rings (SSSR count). The highest BCUT2D eigenvalue weighted by Gasteiger charge is 2.04. The van der Waals surface area contributed by atoms with Gasteiger partial charge in [0.05, 0.1) is 0 Å². The maximum absolute atomic E-state index is 13.0. The predicted octanol–water partition coefficient (Wildman–Crippen LogP) is 4.93. The fourth-order valence-electron chi connectivity index (χ4n) is 2.23. The lowest BCUT2D eigenvalue weighted by atomic mass is 10.2. The van der Waals surface area contributed by atoms with Crippen molar-refractivity contribution in [1.82, 2.24) is 9.97 Å². The van der Waals surface area contributed by atoms with Crippen LogP contribution in [0.5, 0.6) is 0 Å². The second-order valence-electron chi connectivity index (χ2n) is 5.26. The first kappa shape index (κ1) is 16.2. The number of anilines is 3. The maximum atomic E-state index is 13.0. The zero-order chi connectivity index (χ0) is 16.9. The van der Waals surface area contributed by atoms with Crippen LogP contribution in [0.2, 0.25) is 5.02 Å². The molecular formula is C18H16ClFN4. The van der Waals surface area contributed by atoms with E-state index in [2.05, 4.69) is 20.6 Å². The van der Waals surface area contributed by atoms with E-state index in [0.29, 0.717) is 29.0 Å². The number of rotatable bonds is 5. The van der Waals surface area contributed by atoms with Crippen molar-refractivity contribution in [2.75, 3.05) is 10.6 Å². The lowest BCUT2D eigenvalue weighted by Gasteiger charge is -2.11. The fraction of sp³-hybridized carbons (Fsp3) is 0.111. The third-order valence-corrected chi connectivity index (χ3v) is 3.74. The molecule has 2 N–H and O–H groups in total. The Hall–Kier alpha value is -2.66. The number of aryl methyl sites for hydroxylation is 1. The molecule has 122 valence electrons. The number of aromatic nitrogens is 2. The van der Waals surface area contributed by atoms with Crippen LogP contribution in [-0.2, 0) is 6.54 Å². The Bertz CT molecular complexity index is 837. The number of hydrogen-bond donors (Lipinski definition) is 2. The van der Waals surface area contributed by atoms with Gasteiger partial charge in [-0.05, 0) is 42.8 Å². The minimum Gasteiger partial charge on any atom is -0.366 e. The quantitative estimate of drug-likeness (QED) is 0.690. The second kappa shape index (κ2) is 7.27. The molecule has 0 saturated heterocycles. The summed E-state index contributed by atoms with van der Waals surface area (Å²) in [5, 5.41) is 7.09. The Kier molecular flexibility index (Phi) is 4.91. The zero-order valence-corrected chi connectivity index (χ0v) is 13.8. The lowest BCUT2D eigenvalue weighted by molar-refractivity contribution is 0.628. The first-order valence-electron chi connectivity index (χ1n) is 7.46. The maximum Gasteiger partial charge on any atom is 0.136 e. The molecule has 4 nitrogen and oxygen atoms in total. The third-order valence-electron chi connectivity index (χ3n) is 3.37. The van der Waals surface area contributed by atoms with Crippen LogP contribution in [0.15, 0.2) is 54.6 Å². The zero-order valence-electron chi connectivity index (χ0n) is 13.1. The number of nitrogens with one attached hydrogen (secondary N) is 2. The predicted molar refractivity (Wildman–Crippen MR) is 95.2 cm³/mol. The van der Waals surface area contributed by atoms with Crippen LogP contribution < -0.4 is 10.6 Å². The van der Waals surface area contributed by atoms with E-state index in [4.69, 9.17) is 11.6 Å². The van der Waals surface area contributed by atoms with E-state index in [-0.39, 0.29) is 5.82 Å². The topological polar surface area (TPSA) is 49.8 Å². The van der Waals surface area contributed by atoms with Gasteiger partial charge in [0.15, 0.2) is 0 Å². The number of nitrogens with zero attached hydrogens (tertiary/aromatic N) is 2. The van der Waals surface area contributed by atoms with E-state index < -0.39 is 0 Å². The molecule has 0 aliphatic carbocycles. The van der Waals surface area contributed by atoms with Crippen LogP contribution in [0.1, 0.15) is 11.4 Å². The van der Waals surface area contributed by atoms with E-state index in [1.807, 2.05) is 31.2 Å². The molecule has 0 fully saturated rings. The van der Waals surface area contributed by atoms with Crippen molar-refractivity contribution >= 4 is 28.9 Å². The van der Waals surface area contributed by atoms with Crippen molar-refractivity contribution in [1.29, 1.82) is 0 Å². The molecule has 0 aliphatic rings. The molecule has 0 amide bonds. The summed E-state index contributed by atoms with van der Waals surface area (Å²) in [4.78, 5) is 8.71. The van der Waals surface area contributed by atoms with Crippen molar-refractivity contribution in [3.63, 3.8) is 0 Å². The molecular weight excluding hydrogens is 327 g/mol. The summed E-state index contributed by atoms with van der Waals surface area (Å²) in [6, 6.07) is 15.5. The summed E-state index contributed by atoms with van der Waals surface area (Å²) in [6.45, 7) is 2.38. The Labute approximate surface area is 144 Å². The Morgan fingerprint density at radius 3 is 2.46 bits per heavy atom. The monoisotopic (exact) mass is 342 g/mol. The van der Waals surface area contributed by atoms with Gasteiger partial charge in [-0.15, -0.1) is 0 Å². The Balaban J connectivity index is 1.74. The molecule has 0 aliphatic heterocycles.